The molecule has 1 aliphatic carbocycles. The van der Waals surface area contributed by atoms with E-state index in [0.717, 1.165) is 53.2 Å². The lowest BCUT2D eigenvalue weighted by atomic mass is 10.1. The first-order chi connectivity index (χ1) is 27.9. The summed E-state index contributed by atoms with van der Waals surface area (Å²) >= 11 is 0. The Kier molecular flexibility index (Phi) is 12.7. The molecule has 0 spiro atoms. The molecule has 0 N–H and O–H groups in total. The molecule has 8 heteroatoms. The average molecular weight is 801 g/mol. The molecule has 6 nitrogen and oxygen atoms in total. The summed E-state index contributed by atoms with van der Waals surface area (Å²) in [5, 5.41) is 8.08. The summed E-state index contributed by atoms with van der Waals surface area (Å²) in [4.78, 5) is 0. The zero-order chi connectivity index (χ0) is 39.8. The van der Waals surface area contributed by atoms with E-state index in [9.17, 15) is 0 Å². The summed E-state index contributed by atoms with van der Waals surface area (Å²) in [5.41, 5.74) is 0. The van der Waals surface area contributed by atoms with Crippen LogP contribution in [0.25, 0.3) is 0 Å². The van der Waals surface area contributed by atoms with Gasteiger partial charge in [-0.2, -0.15) is 0 Å². The number of hydrogen-bond donors (Lipinski definition) is 0. The Morgan fingerprint density at radius 2 is 0.491 bits per heavy atom. The summed E-state index contributed by atoms with van der Waals surface area (Å²) in [6.45, 7) is 0. The molecule has 6 aromatic rings. The van der Waals surface area contributed by atoms with Gasteiger partial charge in [-0.15, -0.1) is 0 Å². The Labute approximate surface area is 339 Å². The summed E-state index contributed by atoms with van der Waals surface area (Å²) < 4.78 is 33.9. The highest BCUT2D eigenvalue weighted by Gasteiger charge is 2.52. The molecular formula is C49H54O6P2+2. The van der Waals surface area contributed by atoms with Crippen molar-refractivity contribution in [2.24, 2.45) is 11.8 Å². The molecule has 2 atom stereocenters. The van der Waals surface area contributed by atoms with Crippen LogP contribution in [0.3, 0.4) is 0 Å². The summed E-state index contributed by atoms with van der Waals surface area (Å²) in [7, 11) is 6.05. The van der Waals surface area contributed by atoms with E-state index < -0.39 is 14.5 Å². The van der Waals surface area contributed by atoms with E-state index in [0.29, 0.717) is 11.8 Å². The summed E-state index contributed by atoms with van der Waals surface area (Å²) in [5.74, 6) is 6.18. The zero-order valence-corrected chi connectivity index (χ0v) is 35.7. The SMILES string of the molecule is COc1ccc([P+](CC2CCC(C[P+](c3ccc(OC)cc3)(c3ccc(OC)cc3)c3ccc(OC)cc3)C2)(c2ccc(OC)cc2)c2ccc(OC)cc2)cc1. The summed E-state index contributed by atoms with van der Waals surface area (Å²) in [6.07, 6.45) is 5.61. The van der Waals surface area contributed by atoms with Gasteiger partial charge in [0.1, 0.15) is 80.8 Å². The molecule has 0 heterocycles. The van der Waals surface area contributed by atoms with E-state index in [4.69, 9.17) is 28.4 Å². The van der Waals surface area contributed by atoms with Crippen LogP contribution < -0.4 is 60.2 Å². The topological polar surface area (TPSA) is 55.4 Å². The molecule has 7 rings (SSSR count). The first-order valence-electron chi connectivity index (χ1n) is 19.5. The lowest BCUT2D eigenvalue weighted by Gasteiger charge is -2.31. The molecule has 1 saturated carbocycles. The highest BCUT2D eigenvalue weighted by atomic mass is 31.2. The van der Waals surface area contributed by atoms with Crippen LogP contribution in [0.15, 0.2) is 146 Å². The van der Waals surface area contributed by atoms with Gasteiger partial charge >= 0.3 is 0 Å². The van der Waals surface area contributed by atoms with Gasteiger partial charge < -0.3 is 28.4 Å². The first-order valence-corrected chi connectivity index (χ1v) is 23.5. The van der Waals surface area contributed by atoms with Crippen LogP contribution >= 0.6 is 14.5 Å². The van der Waals surface area contributed by atoms with Crippen LogP contribution in [0.2, 0.25) is 0 Å². The Hall–Kier alpha value is -5.02. The zero-order valence-electron chi connectivity index (χ0n) is 33.9. The van der Waals surface area contributed by atoms with Gasteiger partial charge in [0.2, 0.25) is 0 Å². The van der Waals surface area contributed by atoms with Crippen molar-refractivity contribution >= 4 is 46.4 Å². The largest absolute Gasteiger partial charge is 0.497 e. The van der Waals surface area contributed by atoms with Crippen LogP contribution in [0.4, 0.5) is 0 Å². The van der Waals surface area contributed by atoms with Crippen molar-refractivity contribution in [3.63, 3.8) is 0 Å². The van der Waals surface area contributed by atoms with Gasteiger partial charge in [0.15, 0.2) is 0 Å². The third-order valence-corrected chi connectivity index (χ3v) is 21.0. The second-order valence-corrected chi connectivity index (χ2v) is 21.8. The van der Waals surface area contributed by atoms with Crippen LogP contribution in [-0.4, -0.2) is 55.0 Å². The molecule has 294 valence electrons. The van der Waals surface area contributed by atoms with Crippen LogP contribution in [0, 0.1) is 11.8 Å². The van der Waals surface area contributed by atoms with E-state index in [1.54, 1.807) is 42.7 Å². The minimum atomic E-state index is -2.17. The van der Waals surface area contributed by atoms with E-state index in [-0.39, 0.29) is 0 Å². The normalized spacial score (nSPS) is 15.5. The van der Waals surface area contributed by atoms with Crippen molar-refractivity contribution in [2.45, 2.75) is 19.3 Å². The van der Waals surface area contributed by atoms with Crippen molar-refractivity contribution in [3.05, 3.63) is 146 Å². The molecule has 0 radical (unpaired) electrons. The van der Waals surface area contributed by atoms with Crippen molar-refractivity contribution in [1.82, 2.24) is 0 Å². The van der Waals surface area contributed by atoms with E-state index in [1.165, 1.54) is 44.7 Å². The minimum absolute atomic E-state index is 0.513. The maximum atomic E-state index is 5.66. The van der Waals surface area contributed by atoms with Gasteiger partial charge in [0.05, 0.1) is 55.0 Å². The second kappa shape index (κ2) is 18.1. The Morgan fingerprint density at radius 3 is 0.649 bits per heavy atom. The predicted octanol–water partition coefficient (Wildman–Crippen LogP) is 8.44. The molecule has 57 heavy (non-hydrogen) atoms. The molecule has 0 aliphatic heterocycles. The second-order valence-electron chi connectivity index (χ2n) is 14.7. The Balaban J connectivity index is 1.32. The summed E-state index contributed by atoms with van der Waals surface area (Å²) in [6, 6.07) is 52.9. The molecule has 1 aliphatic rings. The monoisotopic (exact) mass is 800 g/mol. The van der Waals surface area contributed by atoms with Crippen LogP contribution in [-0.2, 0) is 0 Å². The van der Waals surface area contributed by atoms with Gasteiger partial charge in [-0.25, -0.2) is 0 Å². The van der Waals surface area contributed by atoms with Crippen molar-refractivity contribution < 1.29 is 28.4 Å². The van der Waals surface area contributed by atoms with E-state index in [1.807, 2.05) is 0 Å². The molecule has 0 bridgehead atoms. The smallest absolute Gasteiger partial charge is 0.119 e. The van der Waals surface area contributed by atoms with Crippen molar-refractivity contribution in [3.8, 4) is 34.5 Å². The fourth-order valence-corrected chi connectivity index (χ4v) is 18.0. The highest BCUT2D eigenvalue weighted by molar-refractivity contribution is 7.96. The van der Waals surface area contributed by atoms with E-state index >= 15 is 0 Å². The third kappa shape index (κ3) is 8.22. The quantitative estimate of drug-likeness (QED) is 0.0917. The van der Waals surface area contributed by atoms with Crippen molar-refractivity contribution in [1.29, 1.82) is 0 Å². The number of rotatable bonds is 16. The minimum Gasteiger partial charge on any atom is -0.497 e. The van der Waals surface area contributed by atoms with Gasteiger partial charge in [-0.1, -0.05) is 0 Å². The predicted molar refractivity (Wildman–Crippen MR) is 240 cm³/mol. The average Bonchev–Trinajstić information content (AvgIpc) is 3.73. The van der Waals surface area contributed by atoms with Gasteiger partial charge in [-0.05, 0) is 177 Å². The molecular weight excluding hydrogens is 746 g/mol. The van der Waals surface area contributed by atoms with Gasteiger partial charge in [-0.3, -0.25) is 0 Å². The van der Waals surface area contributed by atoms with Crippen LogP contribution in [0.5, 0.6) is 34.5 Å². The molecule has 0 aromatic heterocycles. The fraction of sp³-hybridized carbons (Fsp3) is 0.265. The van der Waals surface area contributed by atoms with Crippen molar-refractivity contribution in [2.75, 3.05) is 55.0 Å². The number of methoxy groups -OCH3 is 6. The van der Waals surface area contributed by atoms with E-state index in [2.05, 4.69) is 146 Å². The third-order valence-electron chi connectivity index (χ3n) is 11.8. The lowest BCUT2D eigenvalue weighted by molar-refractivity contribution is 0.414. The first kappa shape index (κ1) is 40.2. The fourth-order valence-electron chi connectivity index (χ4n) is 8.83. The maximum Gasteiger partial charge on any atom is 0.119 e. The Bertz CT molecular complexity index is 1780. The lowest BCUT2D eigenvalue weighted by Crippen LogP contribution is -2.36. The maximum absolute atomic E-state index is 5.66. The number of benzene rings is 6. The Morgan fingerprint density at radius 1 is 0.316 bits per heavy atom. The molecule has 0 saturated heterocycles. The van der Waals surface area contributed by atoms with Gasteiger partial charge in [0, 0.05) is 0 Å². The number of ether oxygens (including phenoxy) is 6. The molecule has 6 aromatic carbocycles. The number of hydrogen-bond acceptors (Lipinski definition) is 6. The van der Waals surface area contributed by atoms with Gasteiger partial charge in [0.25, 0.3) is 0 Å². The molecule has 2 unspecified atom stereocenters. The highest BCUT2D eigenvalue weighted by Crippen LogP contribution is 2.62. The standard InChI is InChI=1S/C49H54O6P2/c1-50-38-9-21-44(22-10-38)56(45-23-11-39(51-2)12-24-45,46-25-13-40(52-3)14-26-46)34-36-7-8-37(33-36)35-57(47-27-15-41(53-4)16-28-47,48-29-17-42(54-5)18-30-48)49-31-19-43(55-6)20-32-49/h9-32,36-37H,7-8,33-35H2,1-6H3/q+2. The molecule has 0 amide bonds. The van der Waals surface area contributed by atoms with Crippen LogP contribution in [0.1, 0.15) is 19.3 Å². The molecule has 1 fully saturated rings.